The third-order valence-electron chi connectivity index (χ3n) is 2.41. The zero-order valence-electron chi connectivity index (χ0n) is 11.0. The summed E-state index contributed by atoms with van der Waals surface area (Å²) in [6.07, 6.45) is 3.04. The number of aromatic nitrogens is 1. The van der Waals surface area contributed by atoms with Crippen LogP contribution < -0.4 is 10.2 Å². The molecule has 1 rings (SSSR count). The van der Waals surface area contributed by atoms with Gasteiger partial charge in [0.1, 0.15) is 5.82 Å². The normalized spacial score (nSPS) is 11.3. The van der Waals surface area contributed by atoms with Crippen LogP contribution in [0, 0.1) is 5.41 Å². The van der Waals surface area contributed by atoms with Crippen LogP contribution in [0.4, 0.5) is 11.5 Å². The van der Waals surface area contributed by atoms with Gasteiger partial charge in [0.25, 0.3) is 0 Å². The van der Waals surface area contributed by atoms with Crippen LogP contribution in [0.3, 0.4) is 0 Å². The van der Waals surface area contributed by atoms with Crippen molar-refractivity contribution in [1.82, 2.24) is 4.98 Å². The quantitative estimate of drug-likeness (QED) is 0.847. The minimum Gasteiger partial charge on any atom is -0.384 e. The number of anilines is 2. The number of hydrogen-bond acceptors (Lipinski definition) is 3. The lowest BCUT2D eigenvalue weighted by Crippen LogP contribution is -2.13. The average Bonchev–Trinajstić information content (AvgIpc) is 2.16. The van der Waals surface area contributed by atoms with E-state index in [-0.39, 0.29) is 0 Å². The molecule has 0 unspecified atom stereocenters. The van der Waals surface area contributed by atoms with E-state index in [1.165, 1.54) is 0 Å². The molecule has 0 atom stereocenters. The van der Waals surface area contributed by atoms with E-state index in [0.717, 1.165) is 24.5 Å². The van der Waals surface area contributed by atoms with E-state index in [0.29, 0.717) is 5.41 Å². The Morgan fingerprint density at radius 2 is 1.94 bits per heavy atom. The SMILES string of the molecule is CN(C)c1ccc(NCCC(C)(C)C)cn1. The summed E-state index contributed by atoms with van der Waals surface area (Å²) < 4.78 is 0. The number of pyridine rings is 1. The Balaban J connectivity index is 2.44. The predicted molar refractivity (Wildman–Crippen MR) is 71.1 cm³/mol. The minimum absolute atomic E-state index is 0.379. The van der Waals surface area contributed by atoms with Gasteiger partial charge in [0.15, 0.2) is 0 Å². The smallest absolute Gasteiger partial charge is 0.128 e. The van der Waals surface area contributed by atoms with Gasteiger partial charge in [0, 0.05) is 20.6 Å². The lowest BCUT2D eigenvalue weighted by atomic mass is 9.92. The van der Waals surface area contributed by atoms with Crippen molar-refractivity contribution in [2.24, 2.45) is 5.41 Å². The van der Waals surface area contributed by atoms with Crippen LogP contribution in [0.5, 0.6) is 0 Å². The lowest BCUT2D eigenvalue weighted by molar-refractivity contribution is 0.390. The molecule has 90 valence electrons. The molecule has 3 heteroatoms. The lowest BCUT2D eigenvalue weighted by Gasteiger charge is -2.18. The highest BCUT2D eigenvalue weighted by molar-refractivity contribution is 5.47. The maximum atomic E-state index is 4.36. The molecule has 16 heavy (non-hydrogen) atoms. The average molecular weight is 221 g/mol. The summed E-state index contributed by atoms with van der Waals surface area (Å²) >= 11 is 0. The molecule has 1 aromatic rings. The molecule has 0 saturated heterocycles. The maximum Gasteiger partial charge on any atom is 0.128 e. The Morgan fingerprint density at radius 3 is 2.38 bits per heavy atom. The first-order valence-corrected chi connectivity index (χ1v) is 5.76. The molecule has 0 fully saturated rings. The number of nitrogens with one attached hydrogen (secondary N) is 1. The first-order chi connectivity index (χ1) is 7.38. The van der Waals surface area contributed by atoms with Gasteiger partial charge < -0.3 is 10.2 Å². The number of rotatable bonds is 4. The minimum atomic E-state index is 0.379. The second-order valence-electron chi connectivity index (χ2n) is 5.54. The summed E-state index contributed by atoms with van der Waals surface area (Å²) in [6, 6.07) is 4.10. The van der Waals surface area contributed by atoms with Gasteiger partial charge in [-0.2, -0.15) is 0 Å². The maximum absolute atomic E-state index is 4.36. The van der Waals surface area contributed by atoms with E-state index in [1.807, 2.05) is 31.3 Å². The van der Waals surface area contributed by atoms with Crippen molar-refractivity contribution < 1.29 is 0 Å². The molecule has 0 radical (unpaired) electrons. The first-order valence-electron chi connectivity index (χ1n) is 5.76. The van der Waals surface area contributed by atoms with Crippen molar-refractivity contribution in [3.05, 3.63) is 18.3 Å². The van der Waals surface area contributed by atoms with Gasteiger partial charge in [-0.3, -0.25) is 0 Å². The molecule has 0 aliphatic carbocycles. The molecule has 0 aliphatic rings. The molecule has 0 aliphatic heterocycles. The number of nitrogens with zero attached hydrogens (tertiary/aromatic N) is 2. The molecule has 1 N–H and O–H groups in total. The standard InChI is InChI=1S/C13H23N3/c1-13(2,3)8-9-14-11-6-7-12(15-10-11)16(4)5/h6-7,10,14H,8-9H2,1-5H3. The summed E-state index contributed by atoms with van der Waals surface area (Å²) in [5, 5.41) is 3.39. The summed E-state index contributed by atoms with van der Waals surface area (Å²) in [5.41, 5.74) is 1.47. The third kappa shape index (κ3) is 4.51. The van der Waals surface area contributed by atoms with E-state index in [4.69, 9.17) is 0 Å². The van der Waals surface area contributed by atoms with Gasteiger partial charge in [-0.1, -0.05) is 20.8 Å². The van der Waals surface area contributed by atoms with Crippen LogP contribution in [-0.4, -0.2) is 25.6 Å². The van der Waals surface area contributed by atoms with Crippen molar-refractivity contribution >= 4 is 11.5 Å². The summed E-state index contributed by atoms with van der Waals surface area (Å²) in [5.74, 6) is 0.987. The van der Waals surface area contributed by atoms with Crippen molar-refractivity contribution in [3.63, 3.8) is 0 Å². The molecule has 0 spiro atoms. The second kappa shape index (κ2) is 5.19. The van der Waals surface area contributed by atoms with Gasteiger partial charge in [0.05, 0.1) is 11.9 Å². The van der Waals surface area contributed by atoms with Gasteiger partial charge in [-0.15, -0.1) is 0 Å². The summed E-state index contributed by atoms with van der Waals surface area (Å²) in [4.78, 5) is 6.36. The van der Waals surface area contributed by atoms with Crippen LogP contribution in [0.2, 0.25) is 0 Å². The molecule has 0 bridgehead atoms. The van der Waals surface area contributed by atoms with Gasteiger partial charge in [-0.25, -0.2) is 4.98 Å². The Bertz CT molecular complexity index is 309. The molecule has 0 amide bonds. The third-order valence-corrected chi connectivity index (χ3v) is 2.41. The summed E-state index contributed by atoms with van der Waals surface area (Å²) in [6.45, 7) is 7.75. The molecular weight excluding hydrogens is 198 g/mol. The zero-order chi connectivity index (χ0) is 12.2. The highest BCUT2D eigenvalue weighted by Crippen LogP contribution is 2.18. The van der Waals surface area contributed by atoms with Crippen molar-refractivity contribution in [2.45, 2.75) is 27.2 Å². The van der Waals surface area contributed by atoms with E-state index >= 15 is 0 Å². The van der Waals surface area contributed by atoms with E-state index in [9.17, 15) is 0 Å². The fraction of sp³-hybridized carbons (Fsp3) is 0.615. The molecule has 0 saturated carbocycles. The highest BCUT2D eigenvalue weighted by atomic mass is 15.1. The Hall–Kier alpha value is -1.25. The van der Waals surface area contributed by atoms with Crippen molar-refractivity contribution in [3.8, 4) is 0 Å². The van der Waals surface area contributed by atoms with Crippen molar-refractivity contribution in [1.29, 1.82) is 0 Å². The van der Waals surface area contributed by atoms with Crippen LogP contribution >= 0.6 is 0 Å². The van der Waals surface area contributed by atoms with E-state index in [1.54, 1.807) is 0 Å². The fourth-order valence-corrected chi connectivity index (χ4v) is 1.34. The highest BCUT2D eigenvalue weighted by Gasteiger charge is 2.08. The monoisotopic (exact) mass is 221 g/mol. The number of hydrogen-bond donors (Lipinski definition) is 1. The predicted octanol–water partition coefficient (Wildman–Crippen LogP) is 3.00. The molecular formula is C13H23N3. The second-order valence-corrected chi connectivity index (χ2v) is 5.54. The van der Waals surface area contributed by atoms with Crippen LogP contribution in [0.15, 0.2) is 18.3 Å². The van der Waals surface area contributed by atoms with Gasteiger partial charge >= 0.3 is 0 Å². The van der Waals surface area contributed by atoms with Gasteiger partial charge in [0.2, 0.25) is 0 Å². The molecule has 0 aromatic carbocycles. The molecule has 1 heterocycles. The summed E-state index contributed by atoms with van der Waals surface area (Å²) in [7, 11) is 3.99. The largest absolute Gasteiger partial charge is 0.384 e. The Labute approximate surface area is 98.9 Å². The molecule has 1 aromatic heterocycles. The Morgan fingerprint density at radius 1 is 1.25 bits per heavy atom. The van der Waals surface area contributed by atoms with Crippen LogP contribution in [-0.2, 0) is 0 Å². The fourth-order valence-electron chi connectivity index (χ4n) is 1.34. The van der Waals surface area contributed by atoms with Gasteiger partial charge in [-0.05, 0) is 24.0 Å². The van der Waals surface area contributed by atoms with Crippen LogP contribution in [0.25, 0.3) is 0 Å². The van der Waals surface area contributed by atoms with E-state index < -0.39 is 0 Å². The topological polar surface area (TPSA) is 28.2 Å². The van der Waals surface area contributed by atoms with E-state index in [2.05, 4.69) is 37.1 Å². The van der Waals surface area contributed by atoms with Crippen molar-refractivity contribution in [2.75, 3.05) is 30.9 Å². The van der Waals surface area contributed by atoms with Crippen LogP contribution in [0.1, 0.15) is 27.2 Å². The zero-order valence-corrected chi connectivity index (χ0v) is 11.0. The Kier molecular flexibility index (Phi) is 4.16. The molecule has 3 nitrogen and oxygen atoms in total. The first kappa shape index (κ1) is 12.8.